The van der Waals surface area contributed by atoms with Gasteiger partial charge in [-0.05, 0) is 61.5 Å². The second-order valence-electron chi connectivity index (χ2n) is 11.2. The van der Waals surface area contributed by atoms with E-state index in [4.69, 9.17) is 21.1 Å². The van der Waals surface area contributed by atoms with Crippen molar-refractivity contribution in [3.63, 3.8) is 0 Å². The molecule has 2 aliphatic heterocycles. The third kappa shape index (κ3) is 5.67. The number of hydrogen-bond donors (Lipinski definition) is 0. The zero-order valence-electron chi connectivity index (χ0n) is 26.0. The molecular formula is C33H30ClF3N4O6S. The Labute approximate surface area is 280 Å². The van der Waals surface area contributed by atoms with Crippen molar-refractivity contribution < 1.29 is 40.6 Å². The molecule has 2 aliphatic rings. The van der Waals surface area contributed by atoms with Crippen molar-refractivity contribution >= 4 is 38.9 Å². The first-order valence-electron chi connectivity index (χ1n) is 14.7. The minimum Gasteiger partial charge on any atom is -0.497 e. The van der Waals surface area contributed by atoms with Crippen LogP contribution in [0.4, 0.5) is 24.5 Å². The molecule has 0 N–H and O–H groups in total. The summed E-state index contributed by atoms with van der Waals surface area (Å²) in [6, 6.07) is 16.2. The van der Waals surface area contributed by atoms with Gasteiger partial charge in [0.05, 0.1) is 19.9 Å². The summed E-state index contributed by atoms with van der Waals surface area (Å²) in [6.45, 7) is 3.31. The molecule has 48 heavy (non-hydrogen) atoms. The van der Waals surface area contributed by atoms with Crippen LogP contribution in [-0.2, 0) is 20.4 Å². The Balaban J connectivity index is 1.57. The molecule has 3 heterocycles. The van der Waals surface area contributed by atoms with E-state index >= 15 is 4.79 Å². The van der Waals surface area contributed by atoms with Crippen LogP contribution in [0.5, 0.6) is 17.2 Å². The number of fused-ring (bicyclic) bond motifs is 1. The average Bonchev–Trinajstić information content (AvgIpc) is 3.32. The maximum absolute atomic E-state index is 15.3. The molecule has 0 aliphatic carbocycles. The van der Waals surface area contributed by atoms with Gasteiger partial charge in [-0.15, -0.1) is 13.2 Å². The van der Waals surface area contributed by atoms with Gasteiger partial charge in [0.2, 0.25) is 0 Å². The van der Waals surface area contributed by atoms with Crippen molar-refractivity contribution in [1.82, 2.24) is 9.88 Å². The molecule has 0 radical (unpaired) electrons. The SMILES string of the molecule is COc1ccc(S(=O)(=O)N2C(=O)C(c3cc(C)ccc3OC)(N3CCN(c4ccncc4)CC3)c3cc(Cl)ccc32)c(OC(F)(F)F)c1. The van der Waals surface area contributed by atoms with Crippen molar-refractivity contribution in [2.75, 3.05) is 49.6 Å². The van der Waals surface area contributed by atoms with Gasteiger partial charge in [0, 0.05) is 66.5 Å². The fraction of sp³-hybridized carbons (Fsp3) is 0.273. The number of aryl methyl sites for hydroxylation is 1. The highest BCUT2D eigenvalue weighted by molar-refractivity contribution is 7.93. The van der Waals surface area contributed by atoms with Crippen molar-refractivity contribution in [2.24, 2.45) is 0 Å². The van der Waals surface area contributed by atoms with Crippen LogP contribution in [0.15, 0.2) is 84.0 Å². The highest BCUT2D eigenvalue weighted by Crippen LogP contribution is 2.54. The number of piperazine rings is 1. The average molecular weight is 703 g/mol. The number of aromatic nitrogens is 1. The van der Waals surface area contributed by atoms with Crippen LogP contribution in [0.25, 0.3) is 0 Å². The van der Waals surface area contributed by atoms with E-state index in [0.717, 1.165) is 23.4 Å². The minimum absolute atomic E-state index is 0.0710. The van der Waals surface area contributed by atoms with Crippen molar-refractivity contribution in [2.45, 2.75) is 23.7 Å². The van der Waals surface area contributed by atoms with Crippen LogP contribution < -0.4 is 23.4 Å². The molecule has 0 saturated carbocycles. The lowest BCUT2D eigenvalue weighted by Gasteiger charge is -2.46. The van der Waals surface area contributed by atoms with Gasteiger partial charge in [0.1, 0.15) is 16.4 Å². The predicted octanol–water partition coefficient (Wildman–Crippen LogP) is 5.76. The molecule has 1 unspecified atom stereocenters. The summed E-state index contributed by atoms with van der Waals surface area (Å²) >= 11 is 6.54. The van der Waals surface area contributed by atoms with Crippen LogP contribution in [0, 0.1) is 6.92 Å². The monoisotopic (exact) mass is 702 g/mol. The first-order valence-corrected chi connectivity index (χ1v) is 16.5. The Morgan fingerprint density at radius 3 is 2.21 bits per heavy atom. The van der Waals surface area contributed by atoms with Crippen LogP contribution >= 0.6 is 11.6 Å². The molecule has 3 aromatic carbocycles. The Bertz CT molecular complexity index is 1970. The number of hydrogen-bond acceptors (Lipinski definition) is 9. The zero-order chi connectivity index (χ0) is 34.4. The fourth-order valence-corrected chi connectivity index (χ4v) is 8.14. The number of alkyl halides is 3. The predicted molar refractivity (Wildman–Crippen MR) is 172 cm³/mol. The molecule has 6 rings (SSSR count). The summed E-state index contributed by atoms with van der Waals surface area (Å²) in [4.78, 5) is 22.4. The number of rotatable bonds is 8. The lowest BCUT2D eigenvalue weighted by Crippen LogP contribution is -2.60. The maximum atomic E-state index is 15.3. The Kier molecular flexibility index (Phi) is 8.68. The number of carbonyl (C=O) groups excluding carboxylic acids is 1. The van der Waals surface area contributed by atoms with E-state index in [1.54, 1.807) is 30.6 Å². The molecule has 0 spiro atoms. The largest absolute Gasteiger partial charge is 0.573 e. The lowest BCUT2D eigenvalue weighted by atomic mass is 9.80. The van der Waals surface area contributed by atoms with Crippen molar-refractivity contribution in [1.29, 1.82) is 0 Å². The molecule has 1 saturated heterocycles. The Morgan fingerprint density at radius 1 is 0.854 bits per heavy atom. The zero-order valence-corrected chi connectivity index (χ0v) is 27.6. The number of pyridine rings is 1. The first-order chi connectivity index (χ1) is 22.8. The number of amides is 1. The molecule has 252 valence electrons. The summed E-state index contributed by atoms with van der Waals surface area (Å²) in [6.07, 6.45) is -1.89. The second kappa shape index (κ2) is 12.5. The highest BCUT2D eigenvalue weighted by Gasteiger charge is 2.61. The van der Waals surface area contributed by atoms with Crippen LogP contribution in [0.2, 0.25) is 5.02 Å². The van der Waals surface area contributed by atoms with Crippen LogP contribution in [0.3, 0.4) is 0 Å². The summed E-state index contributed by atoms with van der Waals surface area (Å²) in [5.41, 5.74) is 0.389. The number of anilines is 2. The number of sulfonamides is 1. The lowest BCUT2D eigenvalue weighted by molar-refractivity contribution is -0.275. The van der Waals surface area contributed by atoms with Crippen molar-refractivity contribution in [3.8, 4) is 17.2 Å². The molecule has 1 amide bonds. The molecule has 0 bridgehead atoms. The first kappa shape index (κ1) is 33.4. The summed E-state index contributed by atoms with van der Waals surface area (Å²) < 4.78 is 85.4. The summed E-state index contributed by atoms with van der Waals surface area (Å²) in [5, 5.41) is 0.220. The van der Waals surface area contributed by atoms with Gasteiger partial charge in [-0.25, -0.2) is 12.7 Å². The smallest absolute Gasteiger partial charge is 0.497 e. The highest BCUT2D eigenvalue weighted by atomic mass is 35.5. The molecule has 4 aromatic rings. The third-order valence-electron chi connectivity index (χ3n) is 8.48. The van der Waals surface area contributed by atoms with Gasteiger partial charge in [-0.2, -0.15) is 0 Å². The standard InChI is InChI=1S/C33H30ClF3N4O6S/c1-21-4-8-28(46-3)26(18-21)32(40-16-14-39(15-17-40)23-10-12-38-13-11-23)25-19-22(34)5-7-27(25)41(31(32)42)48(43,44)30-9-6-24(45-2)20-29(30)47-33(35,36)37/h4-13,18-20H,14-17H2,1-3H3. The molecule has 1 aromatic heterocycles. The minimum atomic E-state index is -5.25. The van der Waals surface area contributed by atoms with E-state index in [1.165, 1.54) is 38.5 Å². The summed E-state index contributed by atoms with van der Waals surface area (Å²) in [5.74, 6) is -1.77. The molecule has 1 atom stereocenters. The normalized spacial score (nSPS) is 18.5. The Morgan fingerprint density at radius 2 is 1.56 bits per heavy atom. The number of ether oxygens (including phenoxy) is 3. The number of methoxy groups -OCH3 is 2. The maximum Gasteiger partial charge on any atom is 0.573 e. The molecule has 15 heteroatoms. The van der Waals surface area contributed by atoms with Crippen molar-refractivity contribution in [3.05, 3.63) is 101 Å². The van der Waals surface area contributed by atoms with E-state index in [-0.39, 0.29) is 35.1 Å². The van der Waals surface area contributed by atoms with E-state index in [9.17, 15) is 21.6 Å². The topological polar surface area (TPSA) is 102 Å². The number of nitrogens with zero attached hydrogens (tertiary/aromatic N) is 4. The van der Waals surface area contributed by atoms with Gasteiger partial charge >= 0.3 is 6.36 Å². The second-order valence-corrected chi connectivity index (χ2v) is 13.4. The third-order valence-corrected chi connectivity index (χ3v) is 10.5. The van der Waals surface area contributed by atoms with Crippen LogP contribution in [-0.4, -0.2) is 71.0 Å². The van der Waals surface area contributed by atoms with Gasteiger partial charge in [-0.3, -0.25) is 14.7 Å². The Hall–Kier alpha value is -4.53. The number of halogens is 4. The van der Waals surface area contributed by atoms with E-state index < -0.39 is 38.5 Å². The van der Waals surface area contributed by atoms with Crippen LogP contribution in [0.1, 0.15) is 16.7 Å². The van der Waals surface area contributed by atoms with E-state index in [1.807, 2.05) is 24.0 Å². The molecule has 1 fully saturated rings. The quantitative estimate of drug-likeness (QED) is 0.227. The van der Waals surface area contributed by atoms with Gasteiger partial charge in [0.15, 0.2) is 11.3 Å². The van der Waals surface area contributed by atoms with Gasteiger partial charge < -0.3 is 19.1 Å². The molecular weight excluding hydrogens is 673 g/mol. The van der Waals surface area contributed by atoms with E-state index in [0.29, 0.717) is 28.7 Å². The fourth-order valence-electron chi connectivity index (χ4n) is 6.41. The van der Waals surface area contributed by atoms with Gasteiger partial charge in [-0.1, -0.05) is 23.2 Å². The number of carbonyl (C=O) groups is 1. The molecule has 10 nitrogen and oxygen atoms in total. The number of benzene rings is 3. The van der Waals surface area contributed by atoms with Gasteiger partial charge in [0.25, 0.3) is 15.9 Å². The van der Waals surface area contributed by atoms with E-state index in [2.05, 4.69) is 14.6 Å². The summed E-state index contributed by atoms with van der Waals surface area (Å²) in [7, 11) is -2.42.